The van der Waals surface area contributed by atoms with Crippen molar-refractivity contribution in [2.45, 2.75) is 57.2 Å². The SMILES string of the molecule is CCC1C(=O)N2CCCC2C(=O)N1C1CCS(=O)(=O)CC1. The van der Waals surface area contributed by atoms with E-state index in [-0.39, 0.29) is 35.4 Å². The zero-order valence-electron chi connectivity index (χ0n) is 12.3. The van der Waals surface area contributed by atoms with Gasteiger partial charge in [0.15, 0.2) is 0 Å². The summed E-state index contributed by atoms with van der Waals surface area (Å²) in [5.41, 5.74) is 0. The van der Waals surface area contributed by atoms with Crippen LogP contribution in [0.5, 0.6) is 0 Å². The minimum Gasteiger partial charge on any atom is -0.329 e. The molecule has 2 amide bonds. The summed E-state index contributed by atoms with van der Waals surface area (Å²) < 4.78 is 23.2. The van der Waals surface area contributed by atoms with E-state index in [0.717, 1.165) is 12.8 Å². The first-order valence-electron chi connectivity index (χ1n) is 7.77. The molecule has 0 spiro atoms. The van der Waals surface area contributed by atoms with Gasteiger partial charge in [0.25, 0.3) is 0 Å². The minimum absolute atomic E-state index is 0.0308. The number of sulfone groups is 1. The lowest BCUT2D eigenvalue weighted by atomic mass is 9.98. The molecule has 118 valence electrons. The Hall–Kier alpha value is -1.11. The van der Waals surface area contributed by atoms with Gasteiger partial charge in [-0.3, -0.25) is 9.59 Å². The van der Waals surface area contributed by atoms with E-state index < -0.39 is 15.9 Å². The van der Waals surface area contributed by atoms with Crippen LogP contribution in [-0.2, 0) is 19.4 Å². The standard InChI is InChI=1S/C14H22N2O4S/c1-2-11-13(17)15-7-3-4-12(15)14(18)16(11)10-5-8-21(19,20)9-6-10/h10-12H,2-9H2,1H3. The van der Waals surface area contributed by atoms with E-state index in [1.54, 1.807) is 9.80 Å². The van der Waals surface area contributed by atoms with Crippen molar-refractivity contribution in [3.05, 3.63) is 0 Å². The third kappa shape index (κ3) is 2.45. The average molecular weight is 314 g/mol. The van der Waals surface area contributed by atoms with E-state index in [0.29, 0.717) is 25.8 Å². The summed E-state index contributed by atoms with van der Waals surface area (Å²) in [7, 11) is -2.96. The van der Waals surface area contributed by atoms with Gasteiger partial charge >= 0.3 is 0 Å². The first-order valence-corrected chi connectivity index (χ1v) is 9.60. The zero-order chi connectivity index (χ0) is 15.2. The number of carbonyl (C=O) groups excluding carboxylic acids is 2. The van der Waals surface area contributed by atoms with Gasteiger partial charge in [0, 0.05) is 12.6 Å². The number of amides is 2. The molecule has 21 heavy (non-hydrogen) atoms. The second-order valence-corrected chi connectivity index (χ2v) is 8.55. The minimum atomic E-state index is -2.96. The number of nitrogens with zero attached hydrogens (tertiary/aromatic N) is 2. The lowest BCUT2D eigenvalue weighted by Crippen LogP contribution is -2.65. The zero-order valence-corrected chi connectivity index (χ0v) is 13.1. The fourth-order valence-electron chi connectivity index (χ4n) is 3.88. The predicted octanol–water partition coefficient (Wildman–Crippen LogP) is 0.175. The number of piperazine rings is 1. The van der Waals surface area contributed by atoms with Crippen molar-refractivity contribution in [3.8, 4) is 0 Å². The Morgan fingerprint density at radius 3 is 2.38 bits per heavy atom. The highest BCUT2D eigenvalue weighted by molar-refractivity contribution is 7.91. The van der Waals surface area contributed by atoms with Crippen LogP contribution in [0.15, 0.2) is 0 Å². The number of rotatable bonds is 2. The van der Waals surface area contributed by atoms with Gasteiger partial charge in [0.1, 0.15) is 21.9 Å². The van der Waals surface area contributed by atoms with Crippen LogP contribution >= 0.6 is 0 Å². The summed E-state index contributed by atoms with van der Waals surface area (Å²) >= 11 is 0. The number of carbonyl (C=O) groups is 2. The number of fused-ring (bicyclic) bond motifs is 1. The molecule has 3 aliphatic rings. The van der Waals surface area contributed by atoms with Gasteiger partial charge < -0.3 is 9.80 Å². The van der Waals surface area contributed by atoms with Gasteiger partial charge in [-0.2, -0.15) is 0 Å². The molecule has 2 unspecified atom stereocenters. The Kier molecular flexibility index (Phi) is 3.71. The maximum Gasteiger partial charge on any atom is 0.246 e. The van der Waals surface area contributed by atoms with Crippen molar-refractivity contribution < 1.29 is 18.0 Å². The average Bonchev–Trinajstić information content (AvgIpc) is 2.93. The Morgan fingerprint density at radius 2 is 1.76 bits per heavy atom. The van der Waals surface area contributed by atoms with Crippen LogP contribution in [0.2, 0.25) is 0 Å². The van der Waals surface area contributed by atoms with E-state index in [9.17, 15) is 18.0 Å². The largest absolute Gasteiger partial charge is 0.329 e. The molecule has 0 aliphatic carbocycles. The first-order chi connectivity index (χ1) is 9.94. The number of hydrogen-bond donors (Lipinski definition) is 0. The maximum atomic E-state index is 12.8. The molecule has 0 saturated carbocycles. The molecule has 0 radical (unpaired) electrons. The molecule has 3 rings (SSSR count). The van der Waals surface area contributed by atoms with Gasteiger partial charge in [0.2, 0.25) is 11.8 Å². The van der Waals surface area contributed by atoms with E-state index in [1.165, 1.54) is 0 Å². The van der Waals surface area contributed by atoms with E-state index in [4.69, 9.17) is 0 Å². The van der Waals surface area contributed by atoms with Crippen LogP contribution in [0.4, 0.5) is 0 Å². The fourth-order valence-corrected chi connectivity index (χ4v) is 5.35. The molecule has 0 bridgehead atoms. The lowest BCUT2D eigenvalue weighted by Gasteiger charge is -2.46. The summed E-state index contributed by atoms with van der Waals surface area (Å²) in [5, 5.41) is 0. The van der Waals surface area contributed by atoms with E-state index in [1.807, 2.05) is 6.92 Å². The van der Waals surface area contributed by atoms with Gasteiger partial charge in [0.05, 0.1) is 11.5 Å². The molecule has 3 aliphatic heterocycles. The van der Waals surface area contributed by atoms with Gasteiger partial charge in [-0.1, -0.05) is 6.92 Å². The molecule has 3 saturated heterocycles. The van der Waals surface area contributed by atoms with Crippen LogP contribution < -0.4 is 0 Å². The summed E-state index contributed by atoms with van der Waals surface area (Å²) in [4.78, 5) is 28.8. The molecule has 3 heterocycles. The highest BCUT2D eigenvalue weighted by atomic mass is 32.2. The van der Waals surface area contributed by atoms with Crippen LogP contribution in [0.3, 0.4) is 0 Å². The lowest BCUT2D eigenvalue weighted by molar-refractivity contribution is -0.162. The molecule has 0 aromatic heterocycles. The molecule has 0 aromatic carbocycles. The van der Waals surface area contributed by atoms with Crippen LogP contribution in [0, 0.1) is 0 Å². The third-order valence-electron chi connectivity index (χ3n) is 5.00. The van der Waals surface area contributed by atoms with Gasteiger partial charge in [-0.05, 0) is 32.1 Å². The van der Waals surface area contributed by atoms with Crippen LogP contribution in [-0.4, -0.2) is 66.2 Å². The summed E-state index contributed by atoms with van der Waals surface area (Å²) in [5.74, 6) is 0.331. The Labute approximate surface area is 125 Å². The van der Waals surface area contributed by atoms with Crippen molar-refractivity contribution >= 4 is 21.7 Å². The van der Waals surface area contributed by atoms with Crippen LogP contribution in [0.25, 0.3) is 0 Å². The van der Waals surface area contributed by atoms with Crippen molar-refractivity contribution in [2.75, 3.05) is 18.1 Å². The van der Waals surface area contributed by atoms with E-state index >= 15 is 0 Å². The van der Waals surface area contributed by atoms with Crippen molar-refractivity contribution in [1.29, 1.82) is 0 Å². The highest BCUT2D eigenvalue weighted by Gasteiger charge is 2.49. The smallest absolute Gasteiger partial charge is 0.246 e. The molecular weight excluding hydrogens is 292 g/mol. The van der Waals surface area contributed by atoms with Gasteiger partial charge in [-0.15, -0.1) is 0 Å². The monoisotopic (exact) mass is 314 g/mol. The molecule has 7 heteroatoms. The molecule has 2 atom stereocenters. The molecular formula is C14H22N2O4S. The Bertz CT molecular complexity index is 545. The van der Waals surface area contributed by atoms with Crippen molar-refractivity contribution in [2.24, 2.45) is 0 Å². The molecule has 3 fully saturated rings. The van der Waals surface area contributed by atoms with Crippen LogP contribution in [0.1, 0.15) is 39.0 Å². The highest BCUT2D eigenvalue weighted by Crippen LogP contribution is 2.32. The van der Waals surface area contributed by atoms with Crippen molar-refractivity contribution in [1.82, 2.24) is 9.80 Å². The quantitative estimate of drug-likeness (QED) is 0.728. The van der Waals surface area contributed by atoms with Gasteiger partial charge in [-0.25, -0.2) is 8.42 Å². The topological polar surface area (TPSA) is 74.8 Å². The molecule has 0 aromatic rings. The first kappa shape index (κ1) is 14.8. The normalized spacial score (nSPS) is 33.4. The third-order valence-corrected chi connectivity index (χ3v) is 6.72. The Balaban J connectivity index is 1.85. The summed E-state index contributed by atoms with van der Waals surface area (Å²) in [6, 6.07) is -0.811. The predicted molar refractivity (Wildman–Crippen MR) is 77.3 cm³/mol. The van der Waals surface area contributed by atoms with E-state index in [2.05, 4.69) is 0 Å². The second kappa shape index (κ2) is 5.26. The summed E-state index contributed by atoms with van der Waals surface area (Å²) in [6.45, 7) is 2.59. The Morgan fingerprint density at radius 1 is 1.10 bits per heavy atom. The number of hydrogen-bond acceptors (Lipinski definition) is 4. The molecule has 6 nitrogen and oxygen atoms in total. The second-order valence-electron chi connectivity index (χ2n) is 6.24. The summed E-state index contributed by atoms with van der Waals surface area (Å²) in [6.07, 6.45) is 3.14. The molecule has 0 N–H and O–H groups in total. The fraction of sp³-hybridized carbons (Fsp3) is 0.857. The van der Waals surface area contributed by atoms with Crippen molar-refractivity contribution in [3.63, 3.8) is 0 Å². The maximum absolute atomic E-state index is 12.8.